The Labute approximate surface area is 81.2 Å². The molecule has 0 radical (unpaired) electrons. The summed E-state index contributed by atoms with van der Waals surface area (Å²) in [5.41, 5.74) is 1.92. The molecule has 72 valence electrons. The highest BCUT2D eigenvalue weighted by Gasteiger charge is 2.11. The summed E-state index contributed by atoms with van der Waals surface area (Å²) in [4.78, 5) is 3.91. The Morgan fingerprint density at radius 2 is 2.14 bits per heavy atom. The van der Waals surface area contributed by atoms with Crippen LogP contribution >= 0.6 is 0 Å². The third kappa shape index (κ3) is 1.28. The predicted molar refractivity (Wildman–Crippen MR) is 50.8 cm³/mol. The first-order valence-corrected chi connectivity index (χ1v) is 4.32. The predicted octanol–water partition coefficient (Wildman–Crippen LogP) is 2.02. The first-order chi connectivity index (χ1) is 6.70. The lowest BCUT2D eigenvalue weighted by molar-refractivity contribution is 0.530. The van der Waals surface area contributed by atoms with Crippen LogP contribution in [0.4, 0.5) is 4.39 Å². The normalized spacial score (nSPS) is 10.5. The molecule has 4 heteroatoms. The van der Waals surface area contributed by atoms with Gasteiger partial charge in [-0.05, 0) is 26.0 Å². The molecule has 2 rings (SSSR count). The van der Waals surface area contributed by atoms with Crippen LogP contribution in [0.1, 0.15) is 11.3 Å². The van der Waals surface area contributed by atoms with E-state index in [0.717, 1.165) is 0 Å². The van der Waals surface area contributed by atoms with Crippen LogP contribution < -0.4 is 0 Å². The Morgan fingerprint density at radius 3 is 2.64 bits per heavy atom. The minimum Gasteiger partial charge on any atom is -0.262 e. The molecule has 0 unspecified atom stereocenters. The average Bonchev–Trinajstić information content (AvgIpc) is 2.47. The van der Waals surface area contributed by atoms with Gasteiger partial charge in [0.25, 0.3) is 0 Å². The molecule has 0 saturated carbocycles. The molecule has 0 N–H and O–H groups in total. The fourth-order valence-electron chi connectivity index (χ4n) is 1.23. The molecule has 0 saturated heterocycles. The van der Waals surface area contributed by atoms with Crippen LogP contribution in [0.5, 0.6) is 0 Å². The van der Waals surface area contributed by atoms with Gasteiger partial charge in [0.05, 0.1) is 17.6 Å². The third-order valence-electron chi connectivity index (χ3n) is 2.18. The summed E-state index contributed by atoms with van der Waals surface area (Å²) in [5, 5.41) is 4.08. The summed E-state index contributed by atoms with van der Waals surface area (Å²) in [6.07, 6.45) is 3.22. The monoisotopic (exact) mass is 191 g/mol. The highest BCUT2D eigenvalue weighted by Crippen LogP contribution is 2.14. The number of hydrogen-bond donors (Lipinski definition) is 0. The van der Waals surface area contributed by atoms with Gasteiger partial charge < -0.3 is 0 Å². The van der Waals surface area contributed by atoms with Gasteiger partial charge in [0.2, 0.25) is 5.95 Å². The summed E-state index contributed by atoms with van der Waals surface area (Å²) in [6, 6.07) is 3.52. The van der Waals surface area contributed by atoms with Crippen LogP contribution in [0.3, 0.4) is 0 Å². The molecule has 2 heterocycles. The van der Waals surface area contributed by atoms with Crippen molar-refractivity contribution in [1.82, 2.24) is 14.8 Å². The van der Waals surface area contributed by atoms with Gasteiger partial charge in [-0.25, -0.2) is 4.68 Å². The molecule has 0 fully saturated rings. The van der Waals surface area contributed by atoms with Crippen molar-refractivity contribution >= 4 is 0 Å². The Kier molecular flexibility index (Phi) is 2.04. The maximum absolute atomic E-state index is 13.6. The zero-order valence-corrected chi connectivity index (χ0v) is 8.03. The summed E-state index contributed by atoms with van der Waals surface area (Å²) >= 11 is 0. The van der Waals surface area contributed by atoms with Gasteiger partial charge in [0.1, 0.15) is 0 Å². The van der Waals surface area contributed by atoms with Gasteiger partial charge in [-0.2, -0.15) is 9.49 Å². The van der Waals surface area contributed by atoms with Crippen LogP contribution in [0.25, 0.3) is 5.69 Å². The third-order valence-corrected chi connectivity index (χ3v) is 2.18. The molecule has 14 heavy (non-hydrogen) atoms. The lowest BCUT2D eigenvalue weighted by atomic mass is 10.3. The maximum Gasteiger partial charge on any atom is 0.219 e. The first kappa shape index (κ1) is 8.87. The van der Waals surface area contributed by atoms with Crippen molar-refractivity contribution in [3.8, 4) is 5.69 Å². The van der Waals surface area contributed by atoms with Crippen molar-refractivity contribution < 1.29 is 4.39 Å². The Morgan fingerprint density at radius 1 is 1.36 bits per heavy atom. The van der Waals surface area contributed by atoms with E-state index < -0.39 is 0 Å². The van der Waals surface area contributed by atoms with Crippen molar-refractivity contribution in [2.45, 2.75) is 13.8 Å². The van der Waals surface area contributed by atoms with Crippen LogP contribution in [0, 0.1) is 19.8 Å². The molecule has 0 aromatic carbocycles. The van der Waals surface area contributed by atoms with Crippen molar-refractivity contribution in [1.29, 1.82) is 0 Å². The van der Waals surface area contributed by atoms with Gasteiger partial charge in [-0.1, -0.05) is 0 Å². The van der Waals surface area contributed by atoms with Gasteiger partial charge in [0.15, 0.2) is 0 Å². The first-order valence-electron chi connectivity index (χ1n) is 4.32. The van der Waals surface area contributed by atoms with Crippen molar-refractivity contribution in [3.63, 3.8) is 0 Å². The molecule has 0 spiro atoms. The average molecular weight is 191 g/mol. The van der Waals surface area contributed by atoms with Gasteiger partial charge in [0, 0.05) is 11.8 Å². The van der Waals surface area contributed by atoms with Crippen LogP contribution in [-0.2, 0) is 0 Å². The zero-order valence-electron chi connectivity index (χ0n) is 8.03. The standard InChI is InChI=1S/C10H10FN3/c1-7-8(2)13-14(10(7)11)9-4-3-5-12-6-9/h3-6H,1-2H3. The molecule has 0 aliphatic heterocycles. The summed E-state index contributed by atoms with van der Waals surface area (Å²) in [6.45, 7) is 3.50. The number of nitrogens with zero attached hydrogens (tertiary/aromatic N) is 3. The summed E-state index contributed by atoms with van der Waals surface area (Å²) < 4.78 is 14.8. The van der Waals surface area contributed by atoms with Gasteiger partial charge >= 0.3 is 0 Å². The van der Waals surface area contributed by atoms with Gasteiger partial charge in [-0.3, -0.25) is 4.98 Å². The number of aromatic nitrogens is 3. The van der Waals surface area contributed by atoms with Gasteiger partial charge in [-0.15, -0.1) is 0 Å². The molecule has 0 aliphatic rings. The SMILES string of the molecule is Cc1nn(-c2cccnc2)c(F)c1C. The molecule has 2 aromatic rings. The minimum atomic E-state index is -0.324. The highest BCUT2D eigenvalue weighted by atomic mass is 19.1. The minimum absolute atomic E-state index is 0.324. The van der Waals surface area contributed by atoms with E-state index in [0.29, 0.717) is 16.9 Å². The van der Waals surface area contributed by atoms with Crippen LogP contribution in [0.15, 0.2) is 24.5 Å². The smallest absolute Gasteiger partial charge is 0.219 e. The van der Waals surface area contributed by atoms with Crippen molar-refractivity contribution in [2.24, 2.45) is 0 Å². The van der Waals surface area contributed by atoms with E-state index in [1.807, 2.05) is 0 Å². The second-order valence-electron chi connectivity index (χ2n) is 3.12. The number of rotatable bonds is 1. The number of aryl methyl sites for hydroxylation is 1. The Bertz CT molecular complexity index is 448. The largest absolute Gasteiger partial charge is 0.262 e. The Balaban J connectivity index is 2.58. The molecule has 0 atom stereocenters. The molecular weight excluding hydrogens is 181 g/mol. The second kappa shape index (κ2) is 3.21. The second-order valence-corrected chi connectivity index (χ2v) is 3.12. The van der Waals surface area contributed by atoms with E-state index in [4.69, 9.17) is 0 Å². The van der Waals surface area contributed by atoms with E-state index in [1.165, 1.54) is 4.68 Å². The van der Waals surface area contributed by atoms with Crippen molar-refractivity contribution in [2.75, 3.05) is 0 Å². The van der Waals surface area contributed by atoms with E-state index in [-0.39, 0.29) is 5.95 Å². The fourth-order valence-corrected chi connectivity index (χ4v) is 1.23. The number of halogens is 1. The Hall–Kier alpha value is -1.71. The lowest BCUT2D eigenvalue weighted by Crippen LogP contribution is -2.00. The molecule has 0 bridgehead atoms. The number of pyridine rings is 1. The summed E-state index contributed by atoms with van der Waals surface area (Å²) in [5.74, 6) is -0.324. The van der Waals surface area contributed by atoms with E-state index in [1.54, 1.807) is 38.4 Å². The highest BCUT2D eigenvalue weighted by molar-refractivity contribution is 5.30. The maximum atomic E-state index is 13.6. The van der Waals surface area contributed by atoms with Crippen molar-refractivity contribution in [3.05, 3.63) is 41.7 Å². The zero-order chi connectivity index (χ0) is 10.1. The fraction of sp³-hybridized carbons (Fsp3) is 0.200. The summed E-state index contributed by atoms with van der Waals surface area (Å²) in [7, 11) is 0. The molecular formula is C10H10FN3. The molecule has 2 aromatic heterocycles. The van der Waals surface area contributed by atoms with E-state index >= 15 is 0 Å². The van der Waals surface area contributed by atoms with Crippen LogP contribution in [-0.4, -0.2) is 14.8 Å². The van der Waals surface area contributed by atoms with E-state index in [2.05, 4.69) is 10.1 Å². The molecule has 0 amide bonds. The molecule has 0 aliphatic carbocycles. The molecule has 3 nitrogen and oxygen atoms in total. The van der Waals surface area contributed by atoms with E-state index in [9.17, 15) is 4.39 Å². The number of hydrogen-bond acceptors (Lipinski definition) is 2. The lowest BCUT2D eigenvalue weighted by Gasteiger charge is -1.99. The van der Waals surface area contributed by atoms with Crippen LogP contribution in [0.2, 0.25) is 0 Å². The topological polar surface area (TPSA) is 30.7 Å². The quantitative estimate of drug-likeness (QED) is 0.690.